The number of sulfone groups is 1. The van der Waals surface area contributed by atoms with Gasteiger partial charge in [0.2, 0.25) is 0 Å². The zero-order valence-corrected chi connectivity index (χ0v) is 11.5. The summed E-state index contributed by atoms with van der Waals surface area (Å²) in [6, 6.07) is 4.28. The molecule has 1 unspecified atom stereocenters. The van der Waals surface area contributed by atoms with Crippen molar-refractivity contribution in [1.29, 1.82) is 0 Å². The third-order valence-corrected chi connectivity index (χ3v) is 5.02. The maximum absolute atomic E-state index is 12.2. The zero-order chi connectivity index (χ0) is 14.2. The monoisotopic (exact) mass is 285 g/mol. The SMILES string of the molecule is COc1cccc2c1N(CC(=O)O)C(C)CS2(=O)=O. The highest BCUT2D eigenvalue weighted by Crippen LogP contribution is 2.40. The fraction of sp³-hybridized carbons (Fsp3) is 0.417. The predicted molar refractivity (Wildman–Crippen MR) is 69.5 cm³/mol. The van der Waals surface area contributed by atoms with Gasteiger partial charge in [0, 0.05) is 6.04 Å². The van der Waals surface area contributed by atoms with Gasteiger partial charge in [0.1, 0.15) is 12.3 Å². The van der Waals surface area contributed by atoms with E-state index in [1.165, 1.54) is 13.2 Å². The van der Waals surface area contributed by atoms with E-state index in [1.807, 2.05) is 0 Å². The minimum absolute atomic E-state index is 0.0968. The molecule has 1 atom stereocenters. The number of methoxy groups -OCH3 is 1. The van der Waals surface area contributed by atoms with Gasteiger partial charge in [-0.1, -0.05) is 6.07 Å². The molecule has 0 saturated heterocycles. The maximum Gasteiger partial charge on any atom is 0.323 e. The van der Waals surface area contributed by atoms with Gasteiger partial charge in [-0.3, -0.25) is 4.79 Å². The molecule has 104 valence electrons. The summed E-state index contributed by atoms with van der Waals surface area (Å²) in [7, 11) is -1.98. The molecular formula is C12H15NO5S. The quantitative estimate of drug-likeness (QED) is 0.882. The first-order chi connectivity index (χ1) is 8.86. The highest BCUT2D eigenvalue weighted by Gasteiger charge is 2.36. The third kappa shape index (κ3) is 2.37. The summed E-state index contributed by atoms with van der Waals surface area (Å²) in [5, 5.41) is 8.97. The van der Waals surface area contributed by atoms with Crippen LogP contribution in [-0.2, 0) is 14.6 Å². The van der Waals surface area contributed by atoms with E-state index >= 15 is 0 Å². The summed E-state index contributed by atoms with van der Waals surface area (Å²) < 4.78 is 29.5. The summed E-state index contributed by atoms with van der Waals surface area (Å²) in [6.07, 6.45) is 0. The average molecular weight is 285 g/mol. The van der Waals surface area contributed by atoms with Crippen molar-refractivity contribution in [3.63, 3.8) is 0 Å². The molecular weight excluding hydrogens is 270 g/mol. The largest absolute Gasteiger partial charge is 0.495 e. The number of para-hydroxylation sites is 1. The Kier molecular flexibility index (Phi) is 3.40. The molecule has 1 N–H and O–H groups in total. The molecule has 19 heavy (non-hydrogen) atoms. The number of carbonyl (C=O) groups is 1. The lowest BCUT2D eigenvalue weighted by atomic mass is 10.2. The van der Waals surface area contributed by atoms with Crippen LogP contribution >= 0.6 is 0 Å². The summed E-state index contributed by atoms with van der Waals surface area (Å²) in [4.78, 5) is 12.6. The van der Waals surface area contributed by atoms with Crippen LogP contribution in [-0.4, -0.2) is 44.9 Å². The van der Waals surface area contributed by atoms with Gasteiger partial charge >= 0.3 is 5.97 Å². The van der Waals surface area contributed by atoms with Gasteiger partial charge in [-0.25, -0.2) is 8.42 Å². The summed E-state index contributed by atoms with van der Waals surface area (Å²) in [5.41, 5.74) is 0.339. The molecule has 0 spiro atoms. The van der Waals surface area contributed by atoms with E-state index in [0.717, 1.165) is 0 Å². The minimum atomic E-state index is -3.41. The number of hydrogen-bond acceptors (Lipinski definition) is 5. The molecule has 2 rings (SSSR count). The molecule has 1 aromatic carbocycles. The Balaban J connectivity index is 2.66. The molecule has 0 saturated carbocycles. The van der Waals surface area contributed by atoms with E-state index in [-0.39, 0.29) is 17.2 Å². The van der Waals surface area contributed by atoms with Crippen molar-refractivity contribution in [1.82, 2.24) is 0 Å². The molecule has 1 aromatic rings. The van der Waals surface area contributed by atoms with Crippen molar-refractivity contribution in [2.24, 2.45) is 0 Å². The lowest BCUT2D eigenvalue weighted by molar-refractivity contribution is -0.135. The molecule has 1 heterocycles. The Bertz CT molecular complexity index is 611. The van der Waals surface area contributed by atoms with Crippen LogP contribution in [0.4, 0.5) is 5.69 Å². The number of anilines is 1. The fourth-order valence-corrected chi connectivity index (χ4v) is 4.09. The number of ether oxygens (including phenoxy) is 1. The van der Waals surface area contributed by atoms with Gasteiger partial charge in [0.25, 0.3) is 0 Å². The van der Waals surface area contributed by atoms with Gasteiger partial charge in [0.05, 0.1) is 23.4 Å². The van der Waals surface area contributed by atoms with Crippen LogP contribution in [0.25, 0.3) is 0 Å². The van der Waals surface area contributed by atoms with Gasteiger partial charge in [-0.15, -0.1) is 0 Å². The molecule has 0 bridgehead atoms. The van der Waals surface area contributed by atoms with Crippen molar-refractivity contribution < 1.29 is 23.1 Å². The van der Waals surface area contributed by atoms with Crippen molar-refractivity contribution in [3.05, 3.63) is 18.2 Å². The summed E-state index contributed by atoms with van der Waals surface area (Å²) >= 11 is 0. The van der Waals surface area contributed by atoms with Crippen LogP contribution in [0.5, 0.6) is 5.75 Å². The maximum atomic E-state index is 12.2. The van der Waals surface area contributed by atoms with Crippen LogP contribution in [0.3, 0.4) is 0 Å². The molecule has 7 heteroatoms. The molecule has 0 radical (unpaired) electrons. The Morgan fingerprint density at radius 1 is 1.53 bits per heavy atom. The lowest BCUT2D eigenvalue weighted by Gasteiger charge is -2.36. The lowest BCUT2D eigenvalue weighted by Crippen LogP contribution is -2.45. The van der Waals surface area contributed by atoms with E-state index in [0.29, 0.717) is 11.4 Å². The van der Waals surface area contributed by atoms with E-state index in [4.69, 9.17) is 9.84 Å². The van der Waals surface area contributed by atoms with Crippen LogP contribution < -0.4 is 9.64 Å². The van der Waals surface area contributed by atoms with E-state index < -0.39 is 21.8 Å². The van der Waals surface area contributed by atoms with E-state index in [9.17, 15) is 13.2 Å². The highest BCUT2D eigenvalue weighted by molar-refractivity contribution is 7.91. The fourth-order valence-electron chi connectivity index (χ4n) is 2.30. The first-order valence-electron chi connectivity index (χ1n) is 5.75. The zero-order valence-electron chi connectivity index (χ0n) is 10.7. The second kappa shape index (κ2) is 4.73. The first-order valence-corrected chi connectivity index (χ1v) is 7.40. The average Bonchev–Trinajstić information content (AvgIpc) is 2.32. The predicted octanol–water partition coefficient (Wildman–Crippen LogP) is 0.762. The van der Waals surface area contributed by atoms with Crippen LogP contribution in [0.15, 0.2) is 23.1 Å². The number of nitrogens with zero attached hydrogens (tertiary/aromatic N) is 1. The summed E-state index contributed by atoms with van der Waals surface area (Å²) in [5.74, 6) is -0.739. The molecule has 0 aliphatic carbocycles. The van der Waals surface area contributed by atoms with Gasteiger partial charge < -0.3 is 14.7 Å². The number of aliphatic carboxylic acids is 1. The smallest absolute Gasteiger partial charge is 0.323 e. The van der Waals surface area contributed by atoms with Crippen molar-refractivity contribution in [3.8, 4) is 5.75 Å². The van der Waals surface area contributed by atoms with E-state index in [1.54, 1.807) is 24.0 Å². The second-order valence-corrected chi connectivity index (χ2v) is 6.46. The summed E-state index contributed by atoms with van der Waals surface area (Å²) in [6.45, 7) is 1.43. The van der Waals surface area contributed by atoms with Crippen LogP contribution in [0.1, 0.15) is 6.92 Å². The normalized spacial score (nSPS) is 20.7. The van der Waals surface area contributed by atoms with Crippen molar-refractivity contribution >= 4 is 21.5 Å². The Labute approximate surface area is 111 Å². The first kappa shape index (κ1) is 13.7. The van der Waals surface area contributed by atoms with Gasteiger partial charge in [-0.2, -0.15) is 0 Å². The Hall–Kier alpha value is -1.76. The number of benzene rings is 1. The number of carboxylic acids is 1. The van der Waals surface area contributed by atoms with Crippen molar-refractivity contribution in [2.75, 3.05) is 24.3 Å². The number of carboxylic acid groups (broad SMARTS) is 1. The van der Waals surface area contributed by atoms with Crippen molar-refractivity contribution in [2.45, 2.75) is 17.9 Å². The topological polar surface area (TPSA) is 83.9 Å². The molecule has 0 amide bonds. The molecule has 0 aromatic heterocycles. The Morgan fingerprint density at radius 3 is 2.79 bits per heavy atom. The molecule has 1 aliphatic heterocycles. The van der Waals surface area contributed by atoms with Crippen LogP contribution in [0.2, 0.25) is 0 Å². The van der Waals surface area contributed by atoms with E-state index in [2.05, 4.69) is 0 Å². The van der Waals surface area contributed by atoms with Crippen LogP contribution in [0, 0.1) is 0 Å². The van der Waals surface area contributed by atoms with Gasteiger partial charge in [0.15, 0.2) is 9.84 Å². The molecule has 0 fully saturated rings. The molecule has 6 nitrogen and oxygen atoms in total. The highest BCUT2D eigenvalue weighted by atomic mass is 32.2. The molecule has 1 aliphatic rings. The minimum Gasteiger partial charge on any atom is -0.495 e. The number of fused-ring (bicyclic) bond motifs is 1. The third-order valence-electron chi connectivity index (χ3n) is 3.10. The van der Waals surface area contributed by atoms with Gasteiger partial charge in [-0.05, 0) is 19.1 Å². The second-order valence-electron chi connectivity index (χ2n) is 4.46. The number of hydrogen-bond donors (Lipinski definition) is 1. The number of rotatable bonds is 3. The standard InChI is InChI=1S/C12H15NO5S/c1-8-7-19(16,17)10-5-3-4-9(18-2)12(10)13(8)6-11(14)15/h3-5,8H,6-7H2,1-2H3,(H,14,15). The Morgan fingerprint density at radius 2 is 2.21 bits per heavy atom.